The Kier molecular flexibility index (Phi) is 2.96. The lowest BCUT2D eigenvalue weighted by Crippen LogP contribution is -2.33. The van der Waals surface area contributed by atoms with Crippen LogP contribution in [0.3, 0.4) is 0 Å². The molecular formula is C10H15NO6. The van der Waals surface area contributed by atoms with Gasteiger partial charge in [0, 0.05) is 6.92 Å². The number of carbonyl (C=O) groups excluding carboxylic acids is 1. The quantitative estimate of drug-likeness (QED) is 0.426. The van der Waals surface area contributed by atoms with Gasteiger partial charge in [-0.2, -0.15) is 0 Å². The zero-order valence-corrected chi connectivity index (χ0v) is 9.87. The van der Waals surface area contributed by atoms with Gasteiger partial charge in [-0.1, -0.05) is 5.16 Å². The van der Waals surface area contributed by atoms with E-state index in [1.54, 1.807) is 13.8 Å². The number of rotatable bonds is 2. The molecule has 0 aromatic rings. The Morgan fingerprint density at radius 1 is 1.53 bits per heavy atom. The van der Waals surface area contributed by atoms with Gasteiger partial charge in [-0.25, -0.2) is 0 Å². The molecule has 2 aliphatic rings. The van der Waals surface area contributed by atoms with E-state index >= 15 is 0 Å². The number of esters is 1. The molecule has 0 bridgehead atoms. The van der Waals surface area contributed by atoms with Crippen LogP contribution in [0.5, 0.6) is 0 Å². The number of carbonyl (C=O) groups is 1. The van der Waals surface area contributed by atoms with Crippen molar-refractivity contribution in [2.75, 3.05) is 6.61 Å². The molecule has 0 amide bonds. The van der Waals surface area contributed by atoms with E-state index in [-0.39, 0.29) is 12.5 Å². The first kappa shape index (κ1) is 12.1. The maximum absolute atomic E-state index is 10.7. The minimum Gasteiger partial charge on any atom is -0.467 e. The van der Waals surface area contributed by atoms with Crippen molar-refractivity contribution in [1.82, 2.24) is 0 Å². The van der Waals surface area contributed by atoms with Gasteiger partial charge in [0.15, 0.2) is 18.0 Å². The maximum Gasteiger partial charge on any atom is 0.302 e. The molecule has 0 radical (unpaired) electrons. The summed E-state index contributed by atoms with van der Waals surface area (Å²) in [7, 11) is 0. The Hall–Kier alpha value is -1.34. The predicted molar refractivity (Wildman–Crippen MR) is 54.6 cm³/mol. The molecule has 0 spiro atoms. The van der Waals surface area contributed by atoms with E-state index in [4.69, 9.17) is 24.2 Å². The molecule has 17 heavy (non-hydrogen) atoms. The highest BCUT2D eigenvalue weighted by molar-refractivity contribution is 5.83. The van der Waals surface area contributed by atoms with E-state index in [0.29, 0.717) is 0 Å². The van der Waals surface area contributed by atoms with Crippen molar-refractivity contribution in [3.63, 3.8) is 0 Å². The summed E-state index contributed by atoms with van der Waals surface area (Å²) in [6.07, 6.45) is -1.51. The van der Waals surface area contributed by atoms with Crippen molar-refractivity contribution in [3.8, 4) is 0 Å². The van der Waals surface area contributed by atoms with E-state index in [0.717, 1.165) is 0 Å². The SMILES string of the molecule is CC(=O)OC[C@H]1OC(=NO)[C@@H]2OC(C)(C)O[C@H]12. The van der Waals surface area contributed by atoms with Gasteiger partial charge in [0.2, 0.25) is 0 Å². The summed E-state index contributed by atoms with van der Waals surface area (Å²) < 4.78 is 21.3. The summed E-state index contributed by atoms with van der Waals surface area (Å²) in [5.41, 5.74) is 0. The lowest BCUT2D eigenvalue weighted by Gasteiger charge is -2.21. The first-order chi connectivity index (χ1) is 7.93. The van der Waals surface area contributed by atoms with Crippen LogP contribution >= 0.6 is 0 Å². The smallest absolute Gasteiger partial charge is 0.302 e. The Morgan fingerprint density at radius 2 is 2.24 bits per heavy atom. The number of hydrogen-bond donors (Lipinski definition) is 1. The van der Waals surface area contributed by atoms with Gasteiger partial charge >= 0.3 is 5.97 Å². The summed E-state index contributed by atoms with van der Waals surface area (Å²) in [6, 6.07) is 0. The molecule has 7 heteroatoms. The Labute approximate surface area is 98.3 Å². The monoisotopic (exact) mass is 245 g/mol. The van der Waals surface area contributed by atoms with Gasteiger partial charge in [0.1, 0.15) is 12.7 Å². The molecule has 3 atom stereocenters. The van der Waals surface area contributed by atoms with Crippen molar-refractivity contribution in [1.29, 1.82) is 0 Å². The van der Waals surface area contributed by atoms with E-state index in [9.17, 15) is 4.79 Å². The second kappa shape index (κ2) is 4.15. The third-order valence-electron chi connectivity index (χ3n) is 2.56. The standard InChI is InChI=1S/C10H15NO6/c1-5(12)14-4-6-7-8(9(11-13)15-6)17-10(2,3)16-7/h6-8,13H,4H2,1-3H3/t6-,7-,8-/m1/s1. The molecule has 2 aliphatic heterocycles. The van der Waals surface area contributed by atoms with Crippen molar-refractivity contribution < 1.29 is 28.9 Å². The molecule has 0 aromatic heterocycles. The second-order valence-corrected chi connectivity index (χ2v) is 4.42. The van der Waals surface area contributed by atoms with Gasteiger partial charge in [0.25, 0.3) is 5.90 Å². The highest BCUT2D eigenvalue weighted by atomic mass is 16.8. The Morgan fingerprint density at radius 3 is 2.82 bits per heavy atom. The summed E-state index contributed by atoms with van der Waals surface area (Å²) >= 11 is 0. The third kappa shape index (κ3) is 2.34. The Balaban J connectivity index is 2.07. The van der Waals surface area contributed by atoms with Crippen molar-refractivity contribution in [2.24, 2.45) is 5.16 Å². The number of nitrogens with zero attached hydrogens (tertiary/aromatic N) is 1. The number of ether oxygens (including phenoxy) is 4. The zero-order valence-electron chi connectivity index (χ0n) is 9.87. The minimum absolute atomic E-state index is 0.0367. The van der Waals surface area contributed by atoms with E-state index in [1.807, 2.05) is 0 Å². The molecule has 2 heterocycles. The summed E-state index contributed by atoms with van der Waals surface area (Å²) in [6.45, 7) is 4.85. The zero-order chi connectivity index (χ0) is 12.6. The van der Waals surface area contributed by atoms with Crippen molar-refractivity contribution in [2.45, 2.75) is 44.9 Å². The van der Waals surface area contributed by atoms with Crippen LogP contribution in [0.25, 0.3) is 0 Å². The third-order valence-corrected chi connectivity index (χ3v) is 2.56. The van der Waals surface area contributed by atoms with Crippen molar-refractivity contribution in [3.05, 3.63) is 0 Å². The summed E-state index contributed by atoms with van der Waals surface area (Å²) in [4.78, 5) is 10.7. The maximum atomic E-state index is 10.7. The van der Waals surface area contributed by atoms with Crippen LogP contribution in [-0.2, 0) is 23.7 Å². The second-order valence-electron chi connectivity index (χ2n) is 4.42. The lowest BCUT2D eigenvalue weighted by atomic mass is 10.1. The number of oxime groups is 1. The molecule has 2 fully saturated rings. The predicted octanol–water partition coefficient (Wildman–Crippen LogP) is 0.256. The molecule has 0 saturated carbocycles. The molecule has 7 nitrogen and oxygen atoms in total. The molecule has 2 saturated heterocycles. The van der Waals surface area contributed by atoms with Crippen molar-refractivity contribution >= 4 is 11.9 Å². The summed E-state index contributed by atoms with van der Waals surface area (Å²) in [5, 5.41) is 11.8. The molecule has 0 aliphatic carbocycles. The fraction of sp³-hybridized carbons (Fsp3) is 0.800. The molecule has 96 valence electrons. The van der Waals surface area contributed by atoms with Crippen LogP contribution in [0.4, 0.5) is 0 Å². The van der Waals surface area contributed by atoms with Crippen LogP contribution in [-0.4, -0.2) is 47.8 Å². The summed E-state index contributed by atoms with van der Waals surface area (Å²) in [5.74, 6) is -1.13. The van der Waals surface area contributed by atoms with Crippen LogP contribution in [0.2, 0.25) is 0 Å². The number of hydrogen-bond acceptors (Lipinski definition) is 7. The molecule has 0 aromatic carbocycles. The molecular weight excluding hydrogens is 230 g/mol. The first-order valence-corrected chi connectivity index (χ1v) is 5.30. The van der Waals surface area contributed by atoms with Gasteiger partial charge in [0.05, 0.1) is 0 Å². The van der Waals surface area contributed by atoms with E-state index in [2.05, 4.69) is 5.16 Å². The fourth-order valence-corrected chi connectivity index (χ4v) is 1.95. The van der Waals surface area contributed by atoms with Crippen LogP contribution in [0.1, 0.15) is 20.8 Å². The van der Waals surface area contributed by atoms with Gasteiger partial charge in [-0.05, 0) is 13.8 Å². The van der Waals surface area contributed by atoms with Crippen LogP contribution < -0.4 is 0 Å². The minimum atomic E-state index is -0.774. The van der Waals surface area contributed by atoms with Crippen LogP contribution in [0, 0.1) is 0 Å². The van der Waals surface area contributed by atoms with E-state index < -0.39 is 30.1 Å². The molecule has 2 rings (SSSR count). The molecule has 1 N–H and O–H groups in total. The normalized spacial score (nSPS) is 36.6. The average molecular weight is 245 g/mol. The average Bonchev–Trinajstić information content (AvgIpc) is 2.68. The van der Waals surface area contributed by atoms with E-state index in [1.165, 1.54) is 6.92 Å². The Bertz CT molecular complexity index is 353. The van der Waals surface area contributed by atoms with Crippen LogP contribution in [0.15, 0.2) is 5.16 Å². The van der Waals surface area contributed by atoms with Gasteiger partial charge in [-0.3, -0.25) is 4.79 Å². The number of fused-ring (bicyclic) bond motifs is 1. The fourth-order valence-electron chi connectivity index (χ4n) is 1.95. The topological polar surface area (TPSA) is 86.6 Å². The first-order valence-electron chi connectivity index (χ1n) is 5.30. The largest absolute Gasteiger partial charge is 0.467 e. The van der Waals surface area contributed by atoms with Gasteiger partial charge in [-0.15, -0.1) is 0 Å². The highest BCUT2D eigenvalue weighted by Crippen LogP contribution is 2.36. The highest BCUT2D eigenvalue weighted by Gasteiger charge is 2.55. The van der Waals surface area contributed by atoms with Gasteiger partial charge < -0.3 is 24.2 Å². The lowest BCUT2D eigenvalue weighted by molar-refractivity contribution is -0.165. The molecule has 0 unspecified atom stereocenters.